The zero-order valence-electron chi connectivity index (χ0n) is 9.36. The van der Waals surface area contributed by atoms with Crippen LogP contribution >= 0.6 is 11.8 Å². The van der Waals surface area contributed by atoms with Gasteiger partial charge < -0.3 is 5.11 Å². The minimum Gasteiger partial charge on any atom is -0.481 e. The van der Waals surface area contributed by atoms with Gasteiger partial charge in [0, 0.05) is 11.9 Å². The zero-order valence-corrected chi connectivity index (χ0v) is 10.2. The predicted octanol–water partition coefficient (Wildman–Crippen LogP) is 1.67. The van der Waals surface area contributed by atoms with Gasteiger partial charge in [-0.1, -0.05) is 18.7 Å². The van der Waals surface area contributed by atoms with Crippen LogP contribution in [0.3, 0.4) is 0 Å². The first-order chi connectivity index (χ1) is 8.47. The Kier molecular flexibility index (Phi) is 4.62. The lowest BCUT2D eigenvalue weighted by atomic mass is 10.2. The summed E-state index contributed by atoms with van der Waals surface area (Å²) in [6.07, 6.45) is 1.29. The first kappa shape index (κ1) is 13.9. The van der Waals surface area contributed by atoms with E-state index in [2.05, 4.69) is 4.98 Å². The number of rotatable bonds is 5. The molecule has 0 fully saturated rings. The van der Waals surface area contributed by atoms with E-state index in [-0.39, 0.29) is 22.0 Å². The summed E-state index contributed by atoms with van der Waals surface area (Å²) in [5.74, 6) is -1.48. The summed E-state index contributed by atoms with van der Waals surface area (Å²) >= 11 is 0.957. The van der Waals surface area contributed by atoms with Crippen molar-refractivity contribution in [1.82, 2.24) is 4.98 Å². The van der Waals surface area contributed by atoms with Gasteiger partial charge in [0.05, 0.1) is 10.8 Å². The number of pyridine rings is 1. The number of carboxylic acids is 1. The van der Waals surface area contributed by atoms with Gasteiger partial charge in [-0.25, -0.2) is 4.98 Å². The molecule has 0 aliphatic heterocycles. The van der Waals surface area contributed by atoms with Gasteiger partial charge in [-0.05, 0) is 6.07 Å². The summed E-state index contributed by atoms with van der Waals surface area (Å²) in [5, 5.41) is 28.4. The number of hydrogen-bond acceptors (Lipinski definition) is 6. The molecule has 1 heterocycles. The van der Waals surface area contributed by atoms with Gasteiger partial charge in [-0.2, -0.15) is 5.26 Å². The second kappa shape index (κ2) is 5.97. The van der Waals surface area contributed by atoms with E-state index in [1.807, 2.05) is 0 Å². The standard InChI is InChI=1S/C10H9N3O4S/c1-6(10(14)15)5-18-9-8(13(16)17)7(4-11)2-3-12-9/h2-3,6H,5H2,1H3,(H,14,15). The quantitative estimate of drug-likeness (QED) is 0.489. The third-order valence-corrected chi connectivity index (χ3v) is 3.32. The molecule has 1 aromatic rings. The summed E-state index contributed by atoms with van der Waals surface area (Å²) in [6.45, 7) is 1.50. The van der Waals surface area contributed by atoms with E-state index < -0.39 is 16.8 Å². The number of nitriles is 1. The number of hydrogen-bond donors (Lipinski definition) is 1. The van der Waals surface area contributed by atoms with Crippen molar-refractivity contribution in [3.05, 3.63) is 27.9 Å². The summed E-state index contributed by atoms with van der Waals surface area (Å²) in [6, 6.07) is 2.97. The highest BCUT2D eigenvalue weighted by atomic mass is 32.2. The molecule has 0 bridgehead atoms. The smallest absolute Gasteiger partial charge is 0.318 e. The number of carboxylic acid groups (broad SMARTS) is 1. The molecule has 0 radical (unpaired) electrons. The number of carbonyl (C=O) groups is 1. The summed E-state index contributed by atoms with van der Waals surface area (Å²) in [7, 11) is 0. The first-order valence-electron chi connectivity index (χ1n) is 4.86. The molecular weight excluding hydrogens is 258 g/mol. The van der Waals surface area contributed by atoms with Crippen molar-refractivity contribution in [3.8, 4) is 6.07 Å². The molecule has 1 aromatic heterocycles. The lowest BCUT2D eigenvalue weighted by Gasteiger charge is -2.05. The Morgan fingerprint density at radius 3 is 2.94 bits per heavy atom. The lowest BCUT2D eigenvalue weighted by molar-refractivity contribution is -0.388. The van der Waals surface area contributed by atoms with Crippen LogP contribution in [0.4, 0.5) is 5.69 Å². The van der Waals surface area contributed by atoms with Gasteiger partial charge in [-0.3, -0.25) is 14.9 Å². The SMILES string of the molecule is CC(CSc1nccc(C#N)c1[N+](=O)[O-])C(=O)O. The van der Waals surface area contributed by atoms with Crippen LogP contribution in [0.1, 0.15) is 12.5 Å². The fourth-order valence-corrected chi connectivity index (χ4v) is 2.09. The molecule has 0 aromatic carbocycles. The number of aromatic nitrogens is 1. The topological polar surface area (TPSA) is 117 Å². The van der Waals surface area contributed by atoms with E-state index >= 15 is 0 Å². The molecule has 0 aliphatic rings. The Morgan fingerprint density at radius 2 is 2.44 bits per heavy atom. The average Bonchev–Trinajstić information content (AvgIpc) is 2.34. The minimum atomic E-state index is -0.985. The fourth-order valence-electron chi connectivity index (χ4n) is 1.08. The Bertz CT molecular complexity index is 526. The molecule has 0 saturated carbocycles. The molecule has 0 saturated heterocycles. The lowest BCUT2D eigenvalue weighted by Crippen LogP contribution is -2.12. The molecule has 7 nitrogen and oxygen atoms in total. The van der Waals surface area contributed by atoms with Gasteiger partial charge >= 0.3 is 11.7 Å². The van der Waals surface area contributed by atoms with E-state index in [1.165, 1.54) is 19.2 Å². The highest BCUT2D eigenvalue weighted by Crippen LogP contribution is 2.30. The van der Waals surface area contributed by atoms with E-state index in [0.29, 0.717) is 0 Å². The minimum absolute atomic E-state index is 0.0622. The maximum absolute atomic E-state index is 10.9. The monoisotopic (exact) mass is 267 g/mol. The average molecular weight is 267 g/mol. The molecule has 8 heteroatoms. The second-order valence-electron chi connectivity index (χ2n) is 3.43. The fraction of sp³-hybridized carbons (Fsp3) is 0.300. The second-order valence-corrected chi connectivity index (χ2v) is 4.44. The molecule has 1 rings (SSSR count). The number of nitrogens with zero attached hydrogens (tertiary/aromatic N) is 3. The third-order valence-electron chi connectivity index (χ3n) is 2.09. The van der Waals surface area contributed by atoms with Crippen molar-refractivity contribution in [1.29, 1.82) is 5.26 Å². The molecule has 1 unspecified atom stereocenters. The number of nitro groups is 1. The molecule has 94 valence electrons. The van der Waals surface area contributed by atoms with Crippen LogP contribution in [0.5, 0.6) is 0 Å². The van der Waals surface area contributed by atoms with Crippen molar-refractivity contribution in [2.45, 2.75) is 11.9 Å². The molecule has 0 aliphatic carbocycles. The van der Waals surface area contributed by atoms with Gasteiger partial charge in [0.1, 0.15) is 11.6 Å². The molecule has 1 N–H and O–H groups in total. The van der Waals surface area contributed by atoms with E-state index in [4.69, 9.17) is 10.4 Å². The van der Waals surface area contributed by atoms with E-state index in [1.54, 1.807) is 6.07 Å². The largest absolute Gasteiger partial charge is 0.481 e. The molecule has 18 heavy (non-hydrogen) atoms. The zero-order chi connectivity index (χ0) is 13.7. The Balaban J connectivity index is 2.99. The van der Waals surface area contributed by atoms with E-state index in [9.17, 15) is 14.9 Å². The highest BCUT2D eigenvalue weighted by Gasteiger charge is 2.22. The normalized spacial score (nSPS) is 11.6. The molecular formula is C10H9N3O4S. The highest BCUT2D eigenvalue weighted by molar-refractivity contribution is 7.99. The summed E-state index contributed by atoms with van der Waals surface area (Å²) < 4.78 is 0. The third kappa shape index (κ3) is 3.18. The molecule has 0 amide bonds. The number of thioether (sulfide) groups is 1. The van der Waals surface area contributed by atoms with Gasteiger partial charge in [0.2, 0.25) is 0 Å². The summed E-state index contributed by atoms with van der Waals surface area (Å²) in [5.41, 5.74) is -0.455. The van der Waals surface area contributed by atoms with Crippen molar-refractivity contribution < 1.29 is 14.8 Å². The maximum atomic E-state index is 10.9. The van der Waals surface area contributed by atoms with Crippen LogP contribution in [-0.4, -0.2) is 26.7 Å². The maximum Gasteiger partial charge on any atom is 0.318 e. The van der Waals surface area contributed by atoms with Crippen molar-refractivity contribution in [2.24, 2.45) is 5.92 Å². The first-order valence-corrected chi connectivity index (χ1v) is 5.85. The van der Waals surface area contributed by atoms with Crippen LogP contribution < -0.4 is 0 Å². The van der Waals surface area contributed by atoms with E-state index in [0.717, 1.165) is 11.8 Å². The van der Waals surface area contributed by atoms with Crippen LogP contribution in [0.15, 0.2) is 17.3 Å². The van der Waals surface area contributed by atoms with Gasteiger partial charge in [0.15, 0.2) is 5.03 Å². The Labute approximate surface area is 107 Å². The van der Waals surface area contributed by atoms with Crippen molar-refractivity contribution in [2.75, 3.05) is 5.75 Å². The Morgan fingerprint density at radius 1 is 1.78 bits per heavy atom. The van der Waals surface area contributed by atoms with Gasteiger partial charge in [0.25, 0.3) is 0 Å². The summed E-state index contributed by atoms with van der Waals surface area (Å²) in [4.78, 5) is 24.6. The van der Waals surface area contributed by atoms with Crippen molar-refractivity contribution >= 4 is 23.4 Å². The van der Waals surface area contributed by atoms with Crippen molar-refractivity contribution in [3.63, 3.8) is 0 Å². The predicted molar refractivity (Wildman–Crippen MR) is 63.1 cm³/mol. The van der Waals surface area contributed by atoms with Gasteiger partial charge in [-0.15, -0.1) is 0 Å². The molecule has 0 spiro atoms. The van der Waals surface area contributed by atoms with Crippen LogP contribution in [0, 0.1) is 27.4 Å². The van der Waals surface area contributed by atoms with Crippen LogP contribution in [0.25, 0.3) is 0 Å². The van der Waals surface area contributed by atoms with Crippen LogP contribution in [-0.2, 0) is 4.79 Å². The number of aliphatic carboxylic acids is 1. The molecule has 1 atom stereocenters. The Hall–Kier alpha value is -2.14. The van der Waals surface area contributed by atoms with Crippen LogP contribution in [0.2, 0.25) is 0 Å².